The lowest BCUT2D eigenvalue weighted by Crippen LogP contribution is -2.49. The minimum Gasteiger partial charge on any atom is -0.342 e. The lowest BCUT2D eigenvalue weighted by atomic mass is 9.99. The molecule has 0 bridgehead atoms. The van der Waals surface area contributed by atoms with E-state index in [0.717, 1.165) is 36.9 Å². The van der Waals surface area contributed by atoms with E-state index in [2.05, 4.69) is 10.6 Å². The first-order valence-corrected chi connectivity index (χ1v) is 10.2. The fourth-order valence-electron chi connectivity index (χ4n) is 4.12. The Bertz CT molecular complexity index is 948. The van der Waals surface area contributed by atoms with Crippen molar-refractivity contribution in [1.82, 2.24) is 10.2 Å². The molecule has 2 aliphatic heterocycles. The van der Waals surface area contributed by atoms with Gasteiger partial charge in [-0.05, 0) is 42.5 Å². The van der Waals surface area contributed by atoms with Crippen molar-refractivity contribution in [2.75, 3.05) is 11.9 Å². The summed E-state index contributed by atoms with van der Waals surface area (Å²) in [7, 11) is 0. The zero-order valence-corrected chi connectivity index (χ0v) is 16.6. The van der Waals surface area contributed by atoms with Gasteiger partial charge in [-0.25, -0.2) is 0 Å². The summed E-state index contributed by atoms with van der Waals surface area (Å²) in [5.41, 5.74) is 2.23. The molecule has 3 amide bonds. The van der Waals surface area contributed by atoms with Crippen molar-refractivity contribution in [3.63, 3.8) is 0 Å². The van der Waals surface area contributed by atoms with Crippen LogP contribution in [0, 0.1) is 0 Å². The molecule has 29 heavy (non-hydrogen) atoms. The number of nitrogens with one attached hydrogen (secondary N) is 2. The molecule has 2 atom stereocenters. The second-order valence-electron chi connectivity index (χ2n) is 7.45. The van der Waals surface area contributed by atoms with Gasteiger partial charge in [-0.3, -0.25) is 14.4 Å². The second kappa shape index (κ2) is 8.25. The lowest BCUT2D eigenvalue weighted by Gasteiger charge is -2.32. The molecule has 2 unspecified atom stereocenters. The first kappa shape index (κ1) is 19.5. The highest BCUT2D eigenvalue weighted by Gasteiger charge is 2.42. The molecule has 150 valence electrons. The number of anilines is 1. The molecule has 2 aromatic carbocycles. The molecule has 2 aromatic rings. The Hall–Kier alpha value is -2.86. The molecule has 2 N–H and O–H groups in total. The third-order valence-corrected chi connectivity index (χ3v) is 5.90. The van der Waals surface area contributed by atoms with Gasteiger partial charge in [-0.15, -0.1) is 0 Å². The number of halogens is 1. The molecule has 2 heterocycles. The number of hydrogen-bond acceptors (Lipinski definition) is 3. The highest BCUT2D eigenvalue weighted by Crippen LogP contribution is 2.30. The van der Waals surface area contributed by atoms with Crippen LogP contribution in [-0.2, 0) is 14.4 Å². The van der Waals surface area contributed by atoms with Crippen LogP contribution in [0.2, 0.25) is 5.02 Å². The zero-order valence-electron chi connectivity index (χ0n) is 15.9. The van der Waals surface area contributed by atoms with E-state index in [1.807, 2.05) is 41.3 Å². The van der Waals surface area contributed by atoms with Gasteiger partial charge in [-0.2, -0.15) is 0 Å². The maximum absolute atomic E-state index is 12.5. The molecule has 0 spiro atoms. The molecule has 4 rings (SSSR count). The van der Waals surface area contributed by atoms with Crippen LogP contribution in [0.4, 0.5) is 5.69 Å². The molecular formula is C22H22ClN3O3. The Morgan fingerprint density at radius 3 is 2.59 bits per heavy atom. The Labute approximate surface area is 174 Å². The van der Waals surface area contributed by atoms with Gasteiger partial charge in [0.1, 0.15) is 0 Å². The fourth-order valence-corrected chi connectivity index (χ4v) is 4.28. The van der Waals surface area contributed by atoms with Gasteiger partial charge in [0, 0.05) is 13.0 Å². The lowest BCUT2D eigenvalue weighted by molar-refractivity contribution is -0.136. The number of hydrogen-bond donors (Lipinski definition) is 2. The SMILES string of the molecule is O=C(Nc1cc(-c2ccccc2)ccc1Cl)C(=O)NC1CC(=O)N2CCCCC12. The van der Waals surface area contributed by atoms with E-state index >= 15 is 0 Å². The van der Waals surface area contributed by atoms with Crippen LogP contribution in [0.25, 0.3) is 11.1 Å². The molecule has 2 saturated heterocycles. The van der Waals surface area contributed by atoms with Gasteiger partial charge >= 0.3 is 11.8 Å². The Kier molecular flexibility index (Phi) is 5.53. The molecule has 7 heteroatoms. The van der Waals surface area contributed by atoms with Crippen LogP contribution >= 0.6 is 11.6 Å². The molecule has 0 aliphatic carbocycles. The number of benzene rings is 2. The van der Waals surface area contributed by atoms with E-state index in [1.54, 1.807) is 12.1 Å². The largest absolute Gasteiger partial charge is 0.342 e. The number of amides is 3. The van der Waals surface area contributed by atoms with Crippen molar-refractivity contribution in [1.29, 1.82) is 0 Å². The predicted molar refractivity (Wildman–Crippen MR) is 111 cm³/mol. The minimum atomic E-state index is -0.793. The topological polar surface area (TPSA) is 78.5 Å². The molecule has 2 aliphatic rings. The Morgan fingerprint density at radius 2 is 1.79 bits per heavy atom. The molecule has 6 nitrogen and oxygen atoms in total. The monoisotopic (exact) mass is 411 g/mol. The highest BCUT2D eigenvalue weighted by molar-refractivity contribution is 6.41. The fraction of sp³-hybridized carbons (Fsp3) is 0.318. The van der Waals surface area contributed by atoms with Gasteiger partial charge in [0.25, 0.3) is 0 Å². The van der Waals surface area contributed by atoms with Crippen molar-refractivity contribution in [2.24, 2.45) is 0 Å². The number of rotatable bonds is 3. The van der Waals surface area contributed by atoms with Crippen molar-refractivity contribution in [2.45, 2.75) is 37.8 Å². The molecule has 0 radical (unpaired) electrons. The van der Waals surface area contributed by atoms with Gasteiger partial charge < -0.3 is 15.5 Å². The van der Waals surface area contributed by atoms with E-state index in [-0.39, 0.29) is 24.4 Å². The summed E-state index contributed by atoms with van der Waals surface area (Å²) in [6, 6.07) is 14.6. The van der Waals surface area contributed by atoms with Gasteiger partial charge in [0.05, 0.1) is 22.8 Å². The van der Waals surface area contributed by atoms with E-state index < -0.39 is 11.8 Å². The van der Waals surface area contributed by atoms with E-state index in [4.69, 9.17) is 11.6 Å². The third-order valence-electron chi connectivity index (χ3n) is 5.57. The van der Waals surface area contributed by atoms with Crippen LogP contribution < -0.4 is 10.6 Å². The summed E-state index contributed by atoms with van der Waals surface area (Å²) < 4.78 is 0. The zero-order chi connectivity index (χ0) is 20.4. The highest BCUT2D eigenvalue weighted by atomic mass is 35.5. The molecule has 0 saturated carbocycles. The summed E-state index contributed by atoms with van der Waals surface area (Å²) in [5, 5.41) is 5.68. The van der Waals surface area contributed by atoms with Crippen LogP contribution in [0.3, 0.4) is 0 Å². The maximum Gasteiger partial charge on any atom is 0.313 e. The average molecular weight is 412 g/mol. The standard InChI is InChI=1S/C22H22ClN3O3/c23-16-10-9-15(14-6-2-1-3-7-14)12-17(16)24-21(28)22(29)25-18-13-20(27)26-11-5-4-8-19(18)26/h1-3,6-7,9-10,12,18-19H,4-5,8,11,13H2,(H,24,28)(H,25,29). The van der Waals surface area contributed by atoms with Crippen LogP contribution in [-0.4, -0.2) is 41.2 Å². The van der Waals surface area contributed by atoms with Crippen molar-refractivity contribution in [3.05, 3.63) is 53.6 Å². The van der Waals surface area contributed by atoms with Crippen molar-refractivity contribution in [3.8, 4) is 11.1 Å². The molecule has 0 aromatic heterocycles. The Balaban J connectivity index is 1.44. The van der Waals surface area contributed by atoms with Crippen LogP contribution in [0.1, 0.15) is 25.7 Å². The summed E-state index contributed by atoms with van der Waals surface area (Å²) in [6.07, 6.45) is 3.10. The van der Waals surface area contributed by atoms with Crippen molar-refractivity contribution < 1.29 is 14.4 Å². The number of piperidine rings is 1. The number of fused-ring (bicyclic) bond motifs is 1. The first-order chi connectivity index (χ1) is 14.0. The minimum absolute atomic E-state index is 0.0157. The van der Waals surface area contributed by atoms with E-state index in [0.29, 0.717) is 10.7 Å². The normalized spacial score (nSPS) is 20.9. The van der Waals surface area contributed by atoms with E-state index in [1.165, 1.54) is 0 Å². The number of carbonyl (C=O) groups is 3. The molecule has 2 fully saturated rings. The van der Waals surface area contributed by atoms with Crippen LogP contribution in [0.5, 0.6) is 0 Å². The predicted octanol–water partition coefficient (Wildman–Crippen LogP) is 3.22. The van der Waals surface area contributed by atoms with Gasteiger partial charge in [0.15, 0.2) is 0 Å². The summed E-state index contributed by atoms with van der Waals surface area (Å²) in [6.45, 7) is 0.726. The average Bonchev–Trinajstić information content (AvgIpc) is 3.06. The summed E-state index contributed by atoms with van der Waals surface area (Å²) >= 11 is 6.22. The smallest absolute Gasteiger partial charge is 0.313 e. The quantitative estimate of drug-likeness (QED) is 0.761. The van der Waals surface area contributed by atoms with Gasteiger partial charge in [-0.1, -0.05) is 48.0 Å². The maximum atomic E-state index is 12.5. The van der Waals surface area contributed by atoms with Crippen molar-refractivity contribution >= 4 is 35.0 Å². The second-order valence-corrected chi connectivity index (χ2v) is 7.86. The number of carbonyl (C=O) groups excluding carboxylic acids is 3. The number of nitrogens with zero attached hydrogens (tertiary/aromatic N) is 1. The van der Waals surface area contributed by atoms with Crippen LogP contribution in [0.15, 0.2) is 48.5 Å². The first-order valence-electron chi connectivity index (χ1n) is 9.79. The summed E-state index contributed by atoms with van der Waals surface area (Å²) in [4.78, 5) is 38.9. The molecular weight excluding hydrogens is 390 g/mol. The third kappa shape index (κ3) is 4.12. The Morgan fingerprint density at radius 1 is 1.00 bits per heavy atom. The summed E-state index contributed by atoms with van der Waals surface area (Å²) in [5.74, 6) is -1.51. The van der Waals surface area contributed by atoms with E-state index in [9.17, 15) is 14.4 Å². The van der Waals surface area contributed by atoms with Gasteiger partial charge in [0.2, 0.25) is 5.91 Å².